The number of hydrogen-bond donors (Lipinski definition) is 2. The monoisotopic (exact) mass is 134 g/mol. The number of aliphatic hydroxyl groups is 1. The minimum absolute atomic E-state index is 0.0757. The molecule has 0 aliphatic heterocycles. The summed E-state index contributed by atoms with van der Waals surface area (Å²) in [5, 5.41) is 16.6. The van der Waals surface area contributed by atoms with Crippen LogP contribution in [-0.2, 0) is 9.53 Å². The molecule has 0 spiro atoms. The van der Waals surface area contributed by atoms with Crippen LogP contribution in [0.2, 0.25) is 0 Å². The van der Waals surface area contributed by atoms with Gasteiger partial charge in [0.2, 0.25) is 0 Å². The van der Waals surface area contributed by atoms with Gasteiger partial charge in [0, 0.05) is 0 Å². The maximum atomic E-state index is 9.77. The molecule has 0 amide bonds. The topological polar surface area (TPSA) is 66.8 Å². The third-order valence-corrected chi connectivity index (χ3v) is 0.585. The number of carboxylic acid groups (broad SMARTS) is 1. The van der Waals surface area contributed by atoms with E-state index in [1.807, 2.05) is 0 Å². The number of hydrogen-bond acceptors (Lipinski definition) is 3. The molecule has 0 radical (unpaired) electrons. The third kappa shape index (κ3) is 7.39. The van der Waals surface area contributed by atoms with Gasteiger partial charge in [0.25, 0.3) is 0 Å². The van der Waals surface area contributed by atoms with Gasteiger partial charge >= 0.3 is 5.97 Å². The quantitative estimate of drug-likeness (QED) is 0.542. The molecule has 0 rings (SSSR count). The Balaban J connectivity index is 3.01. The lowest BCUT2D eigenvalue weighted by Gasteiger charge is -2.01. The predicted molar refractivity (Wildman–Crippen MR) is 30.1 cm³/mol. The standard InChI is InChI=1S/C5H10O4/c1-4(6)2-9-3-5(7)8/h4,6H,2-3H2,1H3,(H,7,8). The molecular formula is C5H10O4. The van der Waals surface area contributed by atoms with Crippen molar-refractivity contribution in [1.29, 1.82) is 0 Å². The lowest BCUT2D eigenvalue weighted by Crippen LogP contribution is -2.15. The Bertz CT molecular complexity index is 89.0. The van der Waals surface area contributed by atoms with Crippen LogP contribution in [0.25, 0.3) is 0 Å². The van der Waals surface area contributed by atoms with Gasteiger partial charge in [-0.2, -0.15) is 0 Å². The molecule has 0 aromatic heterocycles. The van der Waals surface area contributed by atoms with E-state index < -0.39 is 12.1 Å². The summed E-state index contributed by atoms with van der Waals surface area (Å²) in [6, 6.07) is 0. The van der Waals surface area contributed by atoms with Crippen molar-refractivity contribution in [2.75, 3.05) is 13.2 Å². The first kappa shape index (κ1) is 8.39. The Labute approximate surface area is 53.1 Å². The summed E-state index contributed by atoms with van der Waals surface area (Å²) in [5.74, 6) is -1.02. The average Bonchev–Trinajstić information content (AvgIpc) is 1.63. The first-order chi connectivity index (χ1) is 4.13. The van der Waals surface area contributed by atoms with Crippen molar-refractivity contribution in [2.24, 2.45) is 0 Å². The maximum absolute atomic E-state index is 9.77. The van der Waals surface area contributed by atoms with Crippen molar-refractivity contribution >= 4 is 5.97 Å². The molecule has 0 saturated heterocycles. The van der Waals surface area contributed by atoms with Crippen molar-refractivity contribution in [2.45, 2.75) is 13.0 Å². The number of aliphatic hydroxyl groups excluding tert-OH is 1. The molecule has 0 aliphatic rings. The van der Waals surface area contributed by atoms with E-state index in [-0.39, 0.29) is 13.2 Å². The summed E-state index contributed by atoms with van der Waals surface area (Å²) in [6.07, 6.45) is -0.593. The van der Waals surface area contributed by atoms with Crippen LogP contribution >= 0.6 is 0 Å². The Morgan fingerprint density at radius 2 is 2.33 bits per heavy atom. The lowest BCUT2D eigenvalue weighted by molar-refractivity contribution is -0.143. The van der Waals surface area contributed by atoms with Crippen molar-refractivity contribution in [3.8, 4) is 0 Å². The second kappa shape index (κ2) is 4.29. The summed E-state index contributed by atoms with van der Waals surface area (Å²) < 4.78 is 4.51. The molecule has 0 fully saturated rings. The van der Waals surface area contributed by atoms with Gasteiger partial charge in [-0.15, -0.1) is 0 Å². The first-order valence-electron chi connectivity index (χ1n) is 2.60. The van der Waals surface area contributed by atoms with E-state index in [9.17, 15) is 4.79 Å². The highest BCUT2D eigenvalue weighted by Crippen LogP contribution is 1.81. The molecule has 0 aromatic carbocycles. The molecule has 0 heterocycles. The van der Waals surface area contributed by atoms with E-state index in [0.717, 1.165) is 0 Å². The van der Waals surface area contributed by atoms with E-state index >= 15 is 0 Å². The smallest absolute Gasteiger partial charge is 0.329 e. The van der Waals surface area contributed by atoms with Crippen LogP contribution in [0.4, 0.5) is 0 Å². The van der Waals surface area contributed by atoms with Gasteiger partial charge in [0.15, 0.2) is 0 Å². The van der Waals surface area contributed by atoms with Crippen LogP contribution in [-0.4, -0.2) is 35.5 Å². The Kier molecular flexibility index (Phi) is 4.00. The average molecular weight is 134 g/mol. The fourth-order valence-electron chi connectivity index (χ4n) is 0.317. The summed E-state index contributed by atoms with van der Waals surface area (Å²) in [6.45, 7) is 1.26. The van der Waals surface area contributed by atoms with Crippen LogP contribution in [0.5, 0.6) is 0 Å². The highest BCUT2D eigenvalue weighted by molar-refractivity contribution is 5.67. The van der Waals surface area contributed by atoms with E-state index in [2.05, 4.69) is 4.74 Å². The van der Waals surface area contributed by atoms with Gasteiger partial charge in [-0.25, -0.2) is 4.79 Å². The van der Waals surface area contributed by atoms with Crippen LogP contribution in [0.15, 0.2) is 0 Å². The highest BCUT2D eigenvalue weighted by atomic mass is 16.5. The molecule has 9 heavy (non-hydrogen) atoms. The summed E-state index contributed by atoms with van der Waals surface area (Å²) >= 11 is 0. The fraction of sp³-hybridized carbons (Fsp3) is 0.800. The molecule has 1 unspecified atom stereocenters. The van der Waals surface area contributed by atoms with Gasteiger partial charge in [-0.3, -0.25) is 0 Å². The summed E-state index contributed by atoms with van der Waals surface area (Å²) in [4.78, 5) is 9.77. The van der Waals surface area contributed by atoms with Gasteiger partial charge < -0.3 is 14.9 Å². The van der Waals surface area contributed by atoms with Crippen molar-refractivity contribution in [3.63, 3.8) is 0 Å². The number of carbonyl (C=O) groups is 1. The molecular weight excluding hydrogens is 124 g/mol. The molecule has 1 atom stereocenters. The lowest BCUT2D eigenvalue weighted by atomic mass is 10.4. The molecule has 0 aliphatic carbocycles. The third-order valence-electron chi connectivity index (χ3n) is 0.585. The minimum atomic E-state index is -1.02. The molecule has 0 saturated carbocycles. The first-order valence-corrected chi connectivity index (χ1v) is 2.60. The molecule has 2 N–H and O–H groups in total. The number of rotatable bonds is 4. The van der Waals surface area contributed by atoms with Gasteiger partial charge in [-0.1, -0.05) is 0 Å². The van der Waals surface area contributed by atoms with E-state index in [1.165, 1.54) is 6.92 Å². The van der Waals surface area contributed by atoms with Crippen LogP contribution < -0.4 is 0 Å². The summed E-state index contributed by atoms with van der Waals surface area (Å²) in [7, 11) is 0. The van der Waals surface area contributed by atoms with E-state index in [4.69, 9.17) is 10.2 Å². The Hall–Kier alpha value is -0.610. The molecule has 0 aromatic rings. The molecule has 0 bridgehead atoms. The van der Waals surface area contributed by atoms with E-state index in [0.29, 0.717) is 0 Å². The predicted octanol–water partition coefficient (Wildman–Crippen LogP) is -0.532. The number of carboxylic acids is 1. The normalized spacial score (nSPS) is 13.1. The van der Waals surface area contributed by atoms with Gasteiger partial charge in [0.05, 0.1) is 12.7 Å². The molecule has 4 nitrogen and oxygen atoms in total. The van der Waals surface area contributed by atoms with Gasteiger partial charge in [0.1, 0.15) is 6.61 Å². The Morgan fingerprint density at radius 3 is 2.67 bits per heavy atom. The maximum Gasteiger partial charge on any atom is 0.329 e. The summed E-state index contributed by atoms with van der Waals surface area (Å²) in [5.41, 5.74) is 0. The molecule has 54 valence electrons. The largest absolute Gasteiger partial charge is 0.480 e. The van der Waals surface area contributed by atoms with Crippen LogP contribution in [0.1, 0.15) is 6.92 Å². The van der Waals surface area contributed by atoms with Crippen molar-refractivity contribution in [3.05, 3.63) is 0 Å². The zero-order valence-electron chi connectivity index (χ0n) is 5.20. The second-order valence-electron chi connectivity index (χ2n) is 1.76. The van der Waals surface area contributed by atoms with E-state index in [1.54, 1.807) is 0 Å². The van der Waals surface area contributed by atoms with Gasteiger partial charge in [-0.05, 0) is 6.92 Å². The second-order valence-corrected chi connectivity index (χ2v) is 1.76. The van der Waals surface area contributed by atoms with Crippen LogP contribution in [0.3, 0.4) is 0 Å². The number of ether oxygens (including phenoxy) is 1. The van der Waals surface area contributed by atoms with Crippen molar-refractivity contribution < 1.29 is 19.7 Å². The highest BCUT2D eigenvalue weighted by Gasteiger charge is 1.98. The van der Waals surface area contributed by atoms with Crippen molar-refractivity contribution in [1.82, 2.24) is 0 Å². The Morgan fingerprint density at radius 1 is 1.78 bits per heavy atom. The SMILES string of the molecule is CC(O)COCC(=O)O. The zero-order chi connectivity index (χ0) is 7.28. The minimum Gasteiger partial charge on any atom is -0.480 e. The van der Waals surface area contributed by atoms with Crippen LogP contribution in [0, 0.1) is 0 Å². The fourth-order valence-corrected chi connectivity index (χ4v) is 0.317. The molecule has 4 heteroatoms. The number of aliphatic carboxylic acids is 1. The zero-order valence-corrected chi connectivity index (χ0v) is 5.20.